The van der Waals surface area contributed by atoms with E-state index in [2.05, 4.69) is 12.1 Å². The molecule has 1 N–H and O–H groups in total. The van der Waals surface area contributed by atoms with E-state index in [4.69, 9.17) is 4.74 Å². The number of rotatable bonds is 5. The molecule has 2 aliphatic rings. The van der Waals surface area contributed by atoms with Gasteiger partial charge < -0.3 is 9.84 Å². The van der Waals surface area contributed by atoms with Crippen LogP contribution in [0.15, 0.2) is 30.3 Å². The lowest BCUT2D eigenvalue weighted by Gasteiger charge is -2.36. The summed E-state index contributed by atoms with van der Waals surface area (Å²) in [6.45, 7) is 0.573. The Labute approximate surface area is 136 Å². The standard InChI is InChI=1S/C18H23NO4/c20-15-12-17(21)19(18(15)22)14-8-4-5-9-16(14)23-11-10-13-6-2-1-3-7-13/h1-3,6-7,14-16,20H,4-5,8-12H2/t14-,15?,16-/m0/s1. The molecule has 3 rings (SSSR count). The van der Waals surface area contributed by atoms with Gasteiger partial charge in [-0.05, 0) is 24.8 Å². The van der Waals surface area contributed by atoms with Gasteiger partial charge in [-0.3, -0.25) is 14.5 Å². The topological polar surface area (TPSA) is 66.8 Å². The summed E-state index contributed by atoms with van der Waals surface area (Å²) in [5, 5.41) is 9.63. The minimum atomic E-state index is -1.17. The first kappa shape index (κ1) is 16.1. The molecule has 5 nitrogen and oxygen atoms in total. The van der Waals surface area contributed by atoms with E-state index in [0.717, 1.165) is 32.1 Å². The number of carbonyl (C=O) groups excluding carboxylic acids is 2. The fraction of sp³-hybridized carbons (Fsp3) is 0.556. The first-order chi connectivity index (χ1) is 11.2. The lowest BCUT2D eigenvalue weighted by Crippen LogP contribution is -2.50. The highest BCUT2D eigenvalue weighted by Gasteiger charge is 2.44. The molecule has 2 amide bonds. The lowest BCUT2D eigenvalue weighted by molar-refractivity contribution is -0.149. The van der Waals surface area contributed by atoms with Crippen LogP contribution < -0.4 is 0 Å². The summed E-state index contributed by atoms with van der Waals surface area (Å²) >= 11 is 0. The van der Waals surface area contributed by atoms with Crippen LogP contribution in [-0.2, 0) is 20.7 Å². The van der Waals surface area contributed by atoms with Crippen LogP contribution in [0.3, 0.4) is 0 Å². The third kappa shape index (κ3) is 3.62. The number of carbonyl (C=O) groups is 2. The molecule has 1 unspecified atom stereocenters. The van der Waals surface area contributed by atoms with Crippen LogP contribution in [0.25, 0.3) is 0 Å². The van der Waals surface area contributed by atoms with Crippen molar-refractivity contribution in [3.63, 3.8) is 0 Å². The van der Waals surface area contributed by atoms with Crippen molar-refractivity contribution in [1.29, 1.82) is 0 Å². The molecule has 3 atom stereocenters. The van der Waals surface area contributed by atoms with E-state index in [-0.39, 0.29) is 24.5 Å². The van der Waals surface area contributed by atoms with Crippen molar-refractivity contribution in [2.75, 3.05) is 6.61 Å². The molecule has 1 aromatic carbocycles. The average molecular weight is 317 g/mol. The second-order valence-corrected chi connectivity index (χ2v) is 6.32. The van der Waals surface area contributed by atoms with Crippen molar-refractivity contribution >= 4 is 11.8 Å². The molecule has 1 aromatic rings. The molecule has 1 saturated carbocycles. The van der Waals surface area contributed by atoms with Gasteiger partial charge in [0.2, 0.25) is 5.91 Å². The third-order valence-corrected chi connectivity index (χ3v) is 4.72. The maximum Gasteiger partial charge on any atom is 0.258 e. The summed E-state index contributed by atoms with van der Waals surface area (Å²) in [5.74, 6) is -0.732. The van der Waals surface area contributed by atoms with Gasteiger partial charge in [-0.15, -0.1) is 0 Å². The van der Waals surface area contributed by atoms with Crippen LogP contribution in [0.5, 0.6) is 0 Å². The number of hydrogen-bond acceptors (Lipinski definition) is 4. The van der Waals surface area contributed by atoms with Crippen LogP contribution in [0.2, 0.25) is 0 Å². The summed E-state index contributed by atoms with van der Waals surface area (Å²) in [6.07, 6.45) is 3.08. The van der Waals surface area contributed by atoms with E-state index >= 15 is 0 Å². The molecule has 1 saturated heterocycles. The molecule has 23 heavy (non-hydrogen) atoms. The van der Waals surface area contributed by atoms with E-state index in [1.54, 1.807) is 0 Å². The average Bonchev–Trinajstić information content (AvgIpc) is 2.82. The molecule has 1 heterocycles. The van der Waals surface area contributed by atoms with E-state index in [1.165, 1.54) is 10.5 Å². The van der Waals surface area contributed by atoms with Gasteiger partial charge >= 0.3 is 0 Å². The van der Waals surface area contributed by atoms with Gasteiger partial charge in [-0.2, -0.15) is 0 Å². The third-order valence-electron chi connectivity index (χ3n) is 4.72. The van der Waals surface area contributed by atoms with Gasteiger partial charge in [0.1, 0.15) is 6.10 Å². The monoisotopic (exact) mass is 317 g/mol. The highest BCUT2D eigenvalue weighted by Crippen LogP contribution is 2.29. The van der Waals surface area contributed by atoms with Gasteiger partial charge in [0, 0.05) is 0 Å². The maximum atomic E-state index is 12.1. The smallest absolute Gasteiger partial charge is 0.258 e. The largest absolute Gasteiger partial charge is 0.383 e. The van der Waals surface area contributed by atoms with E-state index < -0.39 is 12.0 Å². The van der Waals surface area contributed by atoms with Crippen LogP contribution in [0, 0.1) is 0 Å². The van der Waals surface area contributed by atoms with Crippen LogP contribution >= 0.6 is 0 Å². The maximum absolute atomic E-state index is 12.1. The molecule has 1 aliphatic heterocycles. The molecule has 0 aromatic heterocycles. The number of nitrogens with zero attached hydrogens (tertiary/aromatic N) is 1. The van der Waals surface area contributed by atoms with Gasteiger partial charge in [0.25, 0.3) is 5.91 Å². The van der Waals surface area contributed by atoms with Crippen molar-refractivity contribution in [2.24, 2.45) is 0 Å². The number of aliphatic hydroxyl groups excluding tert-OH is 1. The second kappa shape index (κ2) is 7.23. The zero-order valence-electron chi connectivity index (χ0n) is 13.2. The van der Waals surface area contributed by atoms with E-state index in [9.17, 15) is 14.7 Å². The first-order valence-electron chi connectivity index (χ1n) is 8.36. The number of hydrogen-bond donors (Lipinski definition) is 1. The Kier molecular flexibility index (Phi) is 5.08. The van der Waals surface area contributed by atoms with Gasteiger partial charge in [-0.1, -0.05) is 43.2 Å². The Bertz CT molecular complexity index is 559. The van der Waals surface area contributed by atoms with Crippen molar-refractivity contribution in [1.82, 2.24) is 4.90 Å². The fourth-order valence-electron chi connectivity index (χ4n) is 3.52. The zero-order valence-corrected chi connectivity index (χ0v) is 13.2. The van der Waals surface area contributed by atoms with Crippen LogP contribution in [-0.4, -0.2) is 46.7 Å². The predicted molar refractivity (Wildman–Crippen MR) is 84.6 cm³/mol. The number of imide groups is 1. The van der Waals surface area contributed by atoms with E-state index in [0.29, 0.717) is 6.61 Å². The Morgan fingerprint density at radius 3 is 2.57 bits per heavy atom. The zero-order chi connectivity index (χ0) is 16.2. The molecule has 0 spiro atoms. The van der Waals surface area contributed by atoms with Gasteiger partial charge in [0.05, 0.1) is 25.2 Å². The summed E-state index contributed by atoms with van der Waals surface area (Å²) in [7, 11) is 0. The fourth-order valence-corrected chi connectivity index (χ4v) is 3.52. The number of ether oxygens (including phenoxy) is 1. The lowest BCUT2D eigenvalue weighted by atomic mass is 9.91. The molecular formula is C18H23NO4. The molecular weight excluding hydrogens is 294 g/mol. The van der Waals surface area contributed by atoms with Crippen molar-refractivity contribution in [3.05, 3.63) is 35.9 Å². The van der Waals surface area contributed by atoms with Gasteiger partial charge in [-0.25, -0.2) is 0 Å². The van der Waals surface area contributed by atoms with Crippen molar-refractivity contribution in [3.8, 4) is 0 Å². The van der Waals surface area contributed by atoms with Crippen LogP contribution in [0.1, 0.15) is 37.7 Å². The molecule has 0 bridgehead atoms. The molecule has 5 heteroatoms. The minimum Gasteiger partial charge on any atom is -0.383 e. The molecule has 1 aliphatic carbocycles. The molecule has 0 radical (unpaired) electrons. The Balaban J connectivity index is 1.60. The highest BCUT2D eigenvalue weighted by atomic mass is 16.5. The predicted octanol–water partition coefficient (Wildman–Crippen LogP) is 1.68. The SMILES string of the molecule is O=C1CC(O)C(=O)N1[C@H]1CCCC[C@@H]1OCCc1ccccc1. The minimum absolute atomic E-state index is 0.0912. The molecule has 2 fully saturated rings. The summed E-state index contributed by atoms with van der Waals surface area (Å²) < 4.78 is 6.02. The Morgan fingerprint density at radius 2 is 1.87 bits per heavy atom. The Morgan fingerprint density at radius 1 is 1.13 bits per heavy atom. The number of likely N-dealkylation sites (tertiary alicyclic amines) is 1. The Hall–Kier alpha value is -1.72. The number of amides is 2. The van der Waals surface area contributed by atoms with E-state index in [1.807, 2.05) is 18.2 Å². The quantitative estimate of drug-likeness (QED) is 0.839. The summed E-state index contributed by atoms with van der Waals surface area (Å²) in [4.78, 5) is 25.3. The summed E-state index contributed by atoms with van der Waals surface area (Å²) in [6, 6.07) is 9.88. The first-order valence-corrected chi connectivity index (χ1v) is 8.36. The summed E-state index contributed by atoms with van der Waals surface area (Å²) in [5.41, 5.74) is 1.21. The van der Waals surface area contributed by atoms with Crippen molar-refractivity contribution in [2.45, 2.75) is 56.8 Å². The second-order valence-electron chi connectivity index (χ2n) is 6.32. The van der Waals surface area contributed by atoms with Crippen LogP contribution in [0.4, 0.5) is 0 Å². The van der Waals surface area contributed by atoms with Gasteiger partial charge in [0.15, 0.2) is 0 Å². The molecule has 124 valence electrons. The number of benzene rings is 1. The number of aliphatic hydroxyl groups is 1. The van der Waals surface area contributed by atoms with Crippen molar-refractivity contribution < 1.29 is 19.4 Å². The highest BCUT2D eigenvalue weighted by molar-refractivity contribution is 6.05. The normalized spacial score (nSPS) is 28.4.